The third kappa shape index (κ3) is 3.86. The van der Waals surface area contributed by atoms with E-state index in [0.29, 0.717) is 10.8 Å². The van der Waals surface area contributed by atoms with Crippen LogP contribution >= 0.6 is 11.6 Å². The molecular weight excluding hydrogens is 304 g/mol. The van der Waals surface area contributed by atoms with Gasteiger partial charge in [0.1, 0.15) is 11.3 Å². The molecule has 1 rings (SSSR count). The van der Waals surface area contributed by atoms with Crippen LogP contribution in [0, 0.1) is 10.8 Å². The molecule has 0 radical (unpaired) electrons. The number of carbonyl (C=O) groups is 1. The molecule has 0 aromatic heterocycles. The molecule has 0 unspecified atom stereocenters. The average Bonchev–Trinajstić information content (AvgIpc) is 2.43. The van der Waals surface area contributed by atoms with Crippen LogP contribution in [-0.2, 0) is 4.74 Å². The average molecular weight is 329 g/mol. The summed E-state index contributed by atoms with van der Waals surface area (Å²) >= 11 is 6.08. The first-order valence-corrected chi connectivity index (χ1v) is 7.50. The van der Waals surface area contributed by atoms with Crippen LogP contribution in [0.1, 0.15) is 45.0 Å². The Kier molecular flexibility index (Phi) is 5.74. The Morgan fingerprint density at radius 3 is 2.14 bits per heavy atom. The van der Waals surface area contributed by atoms with Crippen molar-refractivity contribution in [2.45, 2.75) is 34.6 Å². The monoisotopic (exact) mass is 328 g/mol. The minimum atomic E-state index is -0.506. The van der Waals surface area contributed by atoms with Crippen molar-refractivity contribution in [3.8, 4) is 11.5 Å². The number of carbonyl (C=O) groups excluding carboxylic acids is 1. The normalized spacial score (nSPS) is 12.0. The zero-order chi connectivity index (χ0) is 17.1. The quantitative estimate of drug-likeness (QED) is 0.742. The molecule has 0 N–H and O–H groups in total. The van der Waals surface area contributed by atoms with E-state index >= 15 is 0 Å². The molecule has 124 valence electrons. The second-order valence-corrected chi connectivity index (χ2v) is 7.28. The van der Waals surface area contributed by atoms with E-state index < -0.39 is 5.97 Å². The predicted molar refractivity (Wildman–Crippen MR) is 88.1 cm³/mol. The summed E-state index contributed by atoms with van der Waals surface area (Å²) in [5, 5.41) is 0.338. The Morgan fingerprint density at radius 1 is 1.09 bits per heavy atom. The second-order valence-electron chi connectivity index (χ2n) is 6.87. The summed E-state index contributed by atoms with van der Waals surface area (Å²) in [6.07, 6.45) is 0. The first-order valence-electron chi connectivity index (χ1n) is 7.12. The Morgan fingerprint density at radius 2 is 1.68 bits per heavy atom. The Labute approximate surface area is 137 Å². The second kappa shape index (κ2) is 6.78. The molecule has 0 atom stereocenters. The van der Waals surface area contributed by atoms with Crippen LogP contribution in [0.4, 0.5) is 0 Å². The summed E-state index contributed by atoms with van der Waals surface area (Å²) in [5.41, 5.74) is 0.0273. The lowest BCUT2D eigenvalue weighted by Crippen LogP contribution is -2.35. The van der Waals surface area contributed by atoms with Crippen LogP contribution in [0.2, 0.25) is 5.02 Å². The maximum atomic E-state index is 12.5. The van der Waals surface area contributed by atoms with E-state index in [1.165, 1.54) is 14.2 Å². The topological polar surface area (TPSA) is 44.8 Å². The summed E-state index contributed by atoms with van der Waals surface area (Å²) in [5.74, 6) is 0.132. The Bertz CT molecular complexity index is 544. The van der Waals surface area contributed by atoms with Gasteiger partial charge in [-0.25, -0.2) is 4.79 Å². The highest BCUT2D eigenvalue weighted by atomic mass is 35.5. The van der Waals surface area contributed by atoms with E-state index in [9.17, 15) is 4.79 Å². The molecular formula is C17H25ClO4. The molecule has 0 saturated carbocycles. The van der Waals surface area contributed by atoms with Gasteiger partial charge in [-0.15, -0.1) is 0 Å². The maximum absolute atomic E-state index is 12.5. The molecule has 0 amide bonds. The first kappa shape index (κ1) is 18.6. The van der Waals surface area contributed by atoms with Crippen molar-refractivity contribution in [1.82, 2.24) is 0 Å². The highest BCUT2D eigenvalue weighted by molar-refractivity contribution is 6.32. The largest absolute Gasteiger partial charge is 0.496 e. The van der Waals surface area contributed by atoms with Crippen molar-refractivity contribution in [3.05, 3.63) is 22.7 Å². The zero-order valence-electron chi connectivity index (χ0n) is 14.4. The molecule has 0 aliphatic carbocycles. The zero-order valence-corrected chi connectivity index (χ0v) is 15.1. The summed E-state index contributed by atoms with van der Waals surface area (Å²) in [4.78, 5) is 12.5. The maximum Gasteiger partial charge on any atom is 0.345 e. The van der Waals surface area contributed by atoms with Crippen LogP contribution in [0.3, 0.4) is 0 Å². The van der Waals surface area contributed by atoms with Gasteiger partial charge in [0.2, 0.25) is 0 Å². The van der Waals surface area contributed by atoms with E-state index in [2.05, 4.69) is 34.6 Å². The van der Waals surface area contributed by atoms with E-state index in [4.69, 9.17) is 25.8 Å². The molecule has 0 heterocycles. The first-order chi connectivity index (χ1) is 10.0. The summed E-state index contributed by atoms with van der Waals surface area (Å²) in [7, 11) is 2.94. The lowest BCUT2D eigenvalue weighted by atomic mass is 9.70. The summed E-state index contributed by atoms with van der Waals surface area (Å²) in [6, 6.07) is 3.24. The number of esters is 1. The van der Waals surface area contributed by atoms with Gasteiger partial charge in [0.15, 0.2) is 5.75 Å². The molecule has 5 heteroatoms. The number of ether oxygens (including phenoxy) is 3. The van der Waals surface area contributed by atoms with Gasteiger partial charge in [-0.05, 0) is 17.5 Å². The molecule has 0 saturated heterocycles. The lowest BCUT2D eigenvalue weighted by molar-refractivity contribution is 0.00530. The van der Waals surface area contributed by atoms with E-state index in [1.807, 2.05) is 0 Å². The Balaban J connectivity index is 3.07. The van der Waals surface area contributed by atoms with Crippen molar-refractivity contribution < 1.29 is 19.0 Å². The SMILES string of the molecule is COc1ccc(Cl)c(OC)c1C(=O)OCC(C)(C)C(C)(C)C. The minimum absolute atomic E-state index is 0.00418. The van der Waals surface area contributed by atoms with Gasteiger partial charge in [0.25, 0.3) is 0 Å². The van der Waals surface area contributed by atoms with Gasteiger partial charge in [0, 0.05) is 5.41 Å². The van der Waals surface area contributed by atoms with Crippen molar-refractivity contribution >= 4 is 17.6 Å². The summed E-state index contributed by atoms with van der Waals surface area (Å²) in [6.45, 7) is 10.7. The predicted octanol–water partition coefficient (Wildman–Crippen LogP) is 4.59. The van der Waals surface area contributed by atoms with Crippen molar-refractivity contribution in [2.24, 2.45) is 10.8 Å². The summed E-state index contributed by atoms with van der Waals surface area (Å²) < 4.78 is 16.0. The molecule has 0 fully saturated rings. The Hall–Kier alpha value is -1.42. The van der Waals surface area contributed by atoms with Gasteiger partial charge >= 0.3 is 5.97 Å². The fourth-order valence-electron chi connectivity index (χ4n) is 1.64. The van der Waals surface area contributed by atoms with Crippen LogP contribution < -0.4 is 9.47 Å². The molecule has 22 heavy (non-hydrogen) atoms. The number of hydrogen-bond donors (Lipinski definition) is 0. The third-order valence-electron chi connectivity index (χ3n) is 4.29. The number of hydrogen-bond acceptors (Lipinski definition) is 4. The van der Waals surface area contributed by atoms with Crippen LogP contribution in [0.5, 0.6) is 11.5 Å². The van der Waals surface area contributed by atoms with Crippen LogP contribution in [0.15, 0.2) is 12.1 Å². The van der Waals surface area contributed by atoms with Crippen molar-refractivity contribution in [2.75, 3.05) is 20.8 Å². The fraction of sp³-hybridized carbons (Fsp3) is 0.588. The van der Waals surface area contributed by atoms with E-state index in [1.54, 1.807) is 12.1 Å². The minimum Gasteiger partial charge on any atom is -0.496 e. The molecule has 1 aromatic carbocycles. The number of methoxy groups -OCH3 is 2. The van der Waals surface area contributed by atoms with Gasteiger partial charge < -0.3 is 14.2 Å². The number of halogens is 1. The van der Waals surface area contributed by atoms with Gasteiger partial charge in [-0.1, -0.05) is 46.2 Å². The molecule has 0 aliphatic heterocycles. The van der Waals surface area contributed by atoms with Crippen molar-refractivity contribution in [1.29, 1.82) is 0 Å². The van der Waals surface area contributed by atoms with Gasteiger partial charge in [-0.3, -0.25) is 0 Å². The fourth-order valence-corrected chi connectivity index (χ4v) is 1.87. The van der Waals surface area contributed by atoms with E-state index in [0.717, 1.165) is 0 Å². The van der Waals surface area contributed by atoms with Crippen LogP contribution in [-0.4, -0.2) is 26.8 Å². The molecule has 0 bridgehead atoms. The molecule has 0 aliphatic rings. The van der Waals surface area contributed by atoms with Crippen molar-refractivity contribution in [3.63, 3.8) is 0 Å². The standard InChI is InChI=1S/C17H25ClO4/c1-16(2,3)17(4,5)10-22-15(19)13-12(20-6)9-8-11(18)14(13)21-7/h8-9H,10H2,1-7H3. The van der Waals surface area contributed by atoms with Gasteiger partial charge in [-0.2, -0.15) is 0 Å². The smallest absolute Gasteiger partial charge is 0.345 e. The molecule has 1 aromatic rings. The third-order valence-corrected chi connectivity index (χ3v) is 4.59. The highest BCUT2D eigenvalue weighted by Crippen LogP contribution is 2.39. The highest BCUT2D eigenvalue weighted by Gasteiger charge is 2.35. The number of benzene rings is 1. The lowest BCUT2D eigenvalue weighted by Gasteiger charge is -2.38. The van der Waals surface area contributed by atoms with Gasteiger partial charge in [0.05, 0.1) is 25.8 Å². The molecule has 4 nitrogen and oxygen atoms in total. The van der Waals surface area contributed by atoms with E-state index in [-0.39, 0.29) is 28.7 Å². The van der Waals surface area contributed by atoms with Crippen LogP contribution in [0.25, 0.3) is 0 Å². The number of rotatable bonds is 5. The molecule has 0 spiro atoms.